The molecule has 0 radical (unpaired) electrons. The molecule has 0 atom stereocenters. The zero-order valence-corrected chi connectivity index (χ0v) is 20.4. The maximum Gasteiger partial charge on any atom is 0.253 e. The lowest BCUT2D eigenvalue weighted by Crippen LogP contribution is -2.47. The van der Waals surface area contributed by atoms with Crippen LogP contribution in [0.5, 0.6) is 0 Å². The number of aryl methyl sites for hydroxylation is 1. The summed E-state index contributed by atoms with van der Waals surface area (Å²) in [5.74, 6) is 0.741. The molecule has 1 aliphatic carbocycles. The molecule has 1 saturated heterocycles. The van der Waals surface area contributed by atoms with Gasteiger partial charge in [0.1, 0.15) is 11.5 Å². The Bertz CT molecular complexity index is 1180. The first-order chi connectivity index (χ1) is 17.0. The first-order valence-electron chi connectivity index (χ1n) is 12.4. The highest BCUT2D eigenvalue weighted by atomic mass is 19.1. The molecule has 3 heterocycles. The lowest BCUT2D eigenvalue weighted by molar-refractivity contribution is 0.0664. The number of carbonyl (C=O) groups is 1. The van der Waals surface area contributed by atoms with Gasteiger partial charge in [-0.2, -0.15) is 0 Å². The van der Waals surface area contributed by atoms with Crippen molar-refractivity contribution in [1.29, 1.82) is 0 Å². The average molecular weight is 478 g/mol. The Hall–Kier alpha value is -3.33. The van der Waals surface area contributed by atoms with Crippen LogP contribution in [0.15, 0.2) is 36.7 Å². The maximum atomic E-state index is 14.9. The molecule has 0 spiro atoms. The molecule has 2 aromatic heterocycles. The average Bonchev–Trinajstić information content (AvgIpc) is 3.27. The van der Waals surface area contributed by atoms with E-state index in [1.807, 2.05) is 24.0 Å². The van der Waals surface area contributed by atoms with E-state index in [-0.39, 0.29) is 11.6 Å². The summed E-state index contributed by atoms with van der Waals surface area (Å²) in [7, 11) is 2.07. The molecule has 3 aromatic rings. The van der Waals surface area contributed by atoms with E-state index < -0.39 is 5.82 Å². The maximum absolute atomic E-state index is 14.9. The predicted octanol–water partition coefficient (Wildman–Crippen LogP) is 4.42. The first kappa shape index (κ1) is 23.4. The van der Waals surface area contributed by atoms with Gasteiger partial charge in [-0.3, -0.25) is 4.79 Å². The van der Waals surface area contributed by atoms with Crippen molar-refractivity contribution in [3.63, 3.8) is 0 Å². The first-order valence-corrected chi connectivity index (χ1v) is 12.4. The summed E-state index contributed by atoms with van der Waals surface area (Å²) in [5, 5.41) is 3.15. The molecule has 1 N–H and O–H groups in total. The molecule has 8 nitrogen and oxygen atoms in total. The fraction of sp³-hybridized carbons (Fsp3) is 0.462. The minimum atomic E-state index is -0.472. The van der Waals surface area contributed by atoms with Crippen molar-refractivity contribution in [3.05, 3.63) is 53.9 Å². The normalized spacial score (nSPS) is 17.5. The van der Waals surface area contributed by atoms with E-state index in [0.29, 0.717) is 23.2 Å². The van der Waals surface area contributed by atoms with Gasteiger partial charge in [-0.15, -0.1) is 0 Å². The van der Waals surface area contributed by atoms with Gasteiger partial charge in [0.05, 0.1) is 18.1 Å². The largest absolute Gasteiger partial charge is 0.336 e. The summed E-state index contributed by atoms with van der Waals surface area (Å²) in [5.41, 5.74) is 2.31. The number of hydrogen-bond donors (Lipinski definition) is 1. The number of hydrogen-bond acceptors (Lipinski definition) is 6. The van der Waals surface area contributed by atoms with Crippen LogP contribution in [0, 0.1) is 12.7 Å². The third-order valence-corrected chi connectivity index (χ3v) is 7.09. The zero-order valence-electron chi connectivity index (χ0n) is 20.4. The van der Waals surface area contributed by atoms with Gasteiger partial charge in [-0.1, -0.05) is 19.3 Å². The third-order valence-electron chi connectivity index (χ3n) is 7.09. The highest BCUT2D eigenvalue weighted by Crippen LogP contribution is 2.34. The Morgan fingerprint density at radius 3 is 2.43 bits per heavy atom. The van der Waals surface area contributed by atoms with Crippen LogP contribution in [0.2, 0.25) is 0 Å². The minimum absolute atomic E-state index is 0.0383. The van der Waals surface area contributed by atoms with Crippen LogP contribution in [0.1, 0.15) is 54.3 Å². The molecule has 35 heavy (non-hydrogen) atoms. The Morgan fingerprint density at radius 2 is 1.71 bits per heavy atom. The van der Waals surface area contributed by atoms with Crippen LogP contribution in [0.4, 0.5) is 16.0 Å². The van der Waals surface area contributed by atoms with Gasteiger partial charge in [-0.25, -0.2) is 19.3 Å². The summed E-state index contributed by atoms with van der Waals surface area (Å²) in [4.78, 5) is 30.0. The minimum Gasteiger partial charge on any atom is -0.336 e. The van der Waals surface area contributed by atoms with Crippen LogP contribution in [0.3, 0.4) is 0 Å². The number of likely N-dealkylation sites (N-methyl/N-ethyl adjacent to an activating group) is 1. The summed E-state index contributed by atoms with van der Waals surface area (Å²) < 4.78 is 17.0. The lowest BCUT2D eigenvalue weighted by atomic mass is 9.95. The van der Waals surface area contributed by atoms with Gasteiger partial charge in [0.15, 0.2) is 5.82 Å². The number of rotatable bonds is 5. The van der Waals surface area contributed by atoms with Crippen molar-refractivity contribution in [2.45, 2.75) is 45.1 Å². The standard InChI is InChI=1S/C26H32FN7O/c1-18-28-17-23(34(18)21-6-4-3-5-7-21)24-22(27)16-29-26(31-24)30-20-10-8-19(9-11-20)25(35)33-14-12-32(2)13-15-33/h8-11,16-17,21H,3-7,12-15H2,1-2H3,(H,29,30,31). The van der Waals surface area contributed by atoms with Gasteiger partial charge in [0, 0.05) is 43.5 Å². The van der Waals surface area contributed by atoms with E-state index in [0.717, 1.165) is 50.5 Å². The van der Waals surface area contributed by atoms with Crippen LogP contribution in [-0.4, -0.2) is 68.5 Å². The van der Waals surface area contributed by atoms with Gasteiger partial charge in [0.25, 0.3) is 5.91 Å². The topological polar surface area (TPSA) is 79.2 Å². The molecular weight excluding hydrogens is 445 g/mol. The van der Waals surface area contributed by atoms with Crippen molar-refractivity contribution < 1.29 is 9.18 Å². The number of piperazine rings is 1. The van der Waals surface area contributed by atoms with E-state index in [1.54, 1.807) is 18.3 Å². The number of imidazole rings is 1. The van der Waals surface area contributed by atoms with E-state index in [9.17, 15) is 9.18 Å². The number of benzene rings is 1. The SMILES string of the molecule is Cc1ncc(-c2nc(Nc3ccc(C(=O)N4CCN(C)CC4)cc3)ncc2F)n1C1CCCCC1. The smallest absolute Gasteiger partial charge is 0.253 e. The third kappa shape index (κ3) is 5.05. The molecule has 5 rings (SSSR count). The van der Waals surface area contributed by atoms with Gasteiger partial charge in [0.2, 0.25) is 5.95 Å². The second kappa shape index (κ2) is 10.1. The van der Waals surface area contributed by atoms with Crippen molar-refractivity contribution >= 4 is 17.5 Å². The number of amides is 1. The molecule has 184 valence electrons. The molecule has 1 aromatic carbocycles. The summed E-state index contributed by atoms with van der Waals surface area (Å²) >= 11 is 0. The second-order valence-electron chi connectivity index (χ2n) is 9.54. The quantitative estimate of drug-likeness (QED) is 0.586. The van der Waals surface area contributed by atoms with Gasteiger partial charge in [-0.05, 0) is 51.1 Å². The van der Waals surface area contributed by atoms with E-state index in [2.05, 4.69) is 36.8 Å². The van der Waals surface area contributed by atoms with Crippen molar-refractivity contribution in [1.82, 2.24) is 29.3 Å². The number of halogens is 1. The number of nitrogens with zero attached hydrogens (tertiary/aromatic N) is 6. The molecule has 2 fully saturated rings. The van der Waals surface area contributed by atoms with E-state index in [4.69, 9.17) is 0 Å². The summed E-state index contributed by atoms with van der Waals surface area (Å²) in [6, 6.07) is 7.57. The Kier molecular flexibility index (Phi) is 6.77. The Morgan fingerprint density at radius 1 is 1.00 bits per heavy atom. The van der Waals surface area contributed by atoms with Crippen LogP contribution < -0.4 is 5.32 Å². The Labute approximate surface area is 205 Å². The Balaban J connectivity index is 1.33. The predicted molar refractivity (Wildman–Crippen MR) is 133 cm³/mol. The fourth-order valence-electron chi connectivity index (χ4n) is 5.05. The van der Waals surface area contributed by atoms with Gasteiger partial charge >= 0.3 is 0 Å². The second-order valence-corrected chi connectivity index (χ2v) is 9.54. The van der Waals surface area contributed by atoms with Crippen molar-refractivity contribution in [3.8, 4) is 11.4 Å². The monoisotopic (exact) mass is 477 g/mol. The van der Waals surface area contributed by atoms with Gasteiger partial charge < -0.3 is 19.7 Å². The van der Waals surface area contributed by atoms with Crippen LogP contribution in [0.25, 0.3) is 11.4 Å². The van der Waals surface area contributed by atoms with E-state index >= 15 is 0 Å². The summed E-state index contributed by atoms with van der Waals surface area (Å²) in [6.07, 6.45) is 8.64. The molecule has 0 bridgehead atoms. The highest BCUT2D eigenvalue weighted by molar-refractivity contribution is 5.94. The molecule has 2 aliphatic rings. The zero-order chi connectivity index (χ0) is 24.4. The van der Waals surface area contributed by atoms with Crippen molar-refractivity contribution in [2.24, 2.45) is 0 Å². The molecule has 1 aliphatic heterocycles. The highest BCUT2D eigenvalue weighted by Gasteiger charge is 2.24. The van der Waals surface area contributed by atoms with Crippen LogP contribution in [-0.2, 0) is 0 Å². The molecule has 1 amide bonds. The molecule has 0 unspecified atom stereocenters. The van der Waals surface area contributed by atoms with E-state index in [1.165, 1.54) is 25.5 Å². The number of aromatic nitrogens is 4. The lowest BCUT2D eigenvalue weighted by Gasteiger charge is -2.32. The molecular formula is C26H32FN7O. The summed E-state index contributed by atoms with van der Waals surface area (Å²) in [6.45, 7) is 5.20. The number of carbonyl (C=O) groups excluding carboxylic acids is 1. The van der Waals surface area contributed by atoms with Crippen molar-refractivity contribution in [2.75, 3.05) is 38.5 Å². The number of nitrogens with one attached hydrogen (secondary N) is 1. The molecule has 1 saturated carbocycles. The number of anilines is 2. The fourth-order valence-corrected chi connectivity index (χ4v) is 5.05. The van der Waals surface area contributed by atoms with Crippen LogP contribution >= 0.6 is 0 Å². The molecule has 9 heteroatoms.